The van der Waals surface area contributed by atoms with E-state index in [-0.39, 0.29) is 74.8 Å². The normalized spacial score (nSPS) is 18.2. The maximum Gasteiger partial charge on any atom is 0.312 e. The summed E-state index contributed by atoms with van der Waals surface area (Å²) in [6.45, 7) is 9.46. The molecule has 0 bridgehead atoms. The standard InChI is InChI=1S/C80H106ClN19O18/c1-43(2)35-58(70(107)91-57(15-10-11-32-84-44(3)4)77(114)100-34-12-16-65(100)76(113)86-45(5)67(82)104)92-73(110)61(38-49-22-29-55(30-23-49)89-78(83)115)94-74(111)62(39-48-20-27-54(28-21-48)88-69(106)63-41-66(103)98-80(117)97-63)95-75(112)64(42-101)96-68(105)56(31-33-85-79(116)99-118-7)90-72(109)60(37-47-18-25-53(81)26-19-47)93-71(108)59(87-46(6)102)40-50-17-24-51-13-8-9-14-52(51)36-50/h8-9,13-14,17-30,36,43-45,56-65,84,101H,10-12,15-16,31-35,37-42H2,1-7H3,(H2,82,104)(H,86,113)(H,87,102)(H,88,106)(H,90,109)(H,91,107)(H,92,110)(H,93,108)(H,94,111)(H,95,112)(H,96,105)(H3,83,89,115)(H2,85,99,116)(H2,97,98,103,117). The number of rotatable bonds is 43. The molecule has 0 spiro atoms. The molecule has 11 atom stereocenters. The van der Waals surface area contributed by atoms with Gasteiger partial charge in [-0.3, -0.25) is 25.2 Å². The van der Waals surface area contributed by atoms with E-state index >= 15 is 0 Å². The van der Waals surface area contributed by atoms with Crippen LogP contribution in [0.15, 0.2) is 175 Å². The van der Waals surface area contributed by atoms with Crippen LogP contribution in [-0.4, -0.2) is 282 Å². The van der Waals surface area contributed by atoms with Gasteiger partial charge in [-0.05, 0) is 134 Å². The van der Waals surface area contributed by atoms with Crippen LogP contribution in [0, 0.1) is 16.7 Å². The SMILES string of the molecule is CONC(O)=NCCC(N=C(O)C(Cc1ccc(Cl)cc1)N=C(O)C(Cc1ccc2ccccc2c1)N=C(C)O)C(O)=NC(CO)C(O)=NC(Cc1ccc(NC(=O)C2CC(O)=NC(O)=N2)cc1)C(O)=NC(Cc1ccc(NC(=N)O)cc1)C(O)=NC(CC(C)C)C(O)=NC(CCCCNC(C)C)C(=O)N1CCCC1C(O)=NC(C)C(=N)O. The van der Waals surface area contributed by atoms with Gasteiger partial charge in [-0.15, -0.1) is 0 Å². The third kappa shape index (κ3) is 30.0. The molecular formula is C80H106ClN19O18. The highest BCUT2D eigenvalue weighted by Gasteiger charge is 2.38. The highest BCUT2D eigenvalue weighted by Crippen LogP contribution is 2.26. The average molecular weight is 1660 g/mol. The van der Waals surface area contributed by atoms with Crippen molar-refractivity contribution in [1.82, 2.24) is 15.7 Å². The minimum atomic E-state index is -1.96. The number of anilines is 2. The van der Waals surface area contributed by atoms with Gasteiger partial charge in [0.25, 0.3) is 6.02 Å². The van der Waals surface area contributed by atoms with Gasteiger partial charge in [-0.1, -0.05) is 118 Å². The van der Waals surface area contributed by atoms with Crippen LogP contribution in [0.5, 0.6) is 0 Å². The number of unbranched alkanes of at least 4 members (excludes halogenated alkanes) is 1. The quantitative estimate of drug-likeness (QED) is 0.00746. The van der Waals surface area contributed by atoms with E-state index in [0.717, 1.165) is 10.8 Å². The lowest BCUT2D eigenvalue weighted by Crippen LogP contribution is -2.46. The predicted molar refractivity (Wildman–Crippen MR) is 459 cm³/mol. The number of hydrogen-bond donors (Lipinski definition) is 21. The summed E-state index contributed by atoms with van der Waals surface area (Å²) in [6.07, 6.45) is 0.173. The summed E-state index contributed by atoms with van der Waals surface area (Å²) in [6, 6.07) is 13.3. The molecule has 2 aliphatic rings. The van der Waals surface area contributed by atoms with Crippen LogP contribution in [0.25, 0.3) is 10.8 Å². The zero-order valence-electron chi connectivity index (χ0n) is 66.4. The van der Waals surface area contributed by atoms with Gasteiger partial charge in [0.15, 0.2) is 17.8 Å². The maximum atomic E-state index is 14.8. The molecule has 2 heterocycles. The molecule has 2 aliphatic heterocycles. The fraction of sp³-hybridized carbons (Fsp3) is 0.450. The first-order chi connectivity index (χ1) is 56.1. The number of hydroxylamine groups is 1. The number of amides is 2. The Kier molecular flexibility index (Phi) is 36.0. The van der Waals surface area contributed by atoms with Gasteiger partial charge in [0.2, 0.25) is 64.9 Å². The van der Waals surface area contributed by atoms with E-state index in [0.29, 0.717) is 53.1 Å². The van der Waals surface area contributed by atoms with Gasteiger partial charge < -0.3 is 97.4 Å². The van der Waals surface area contributed by atoms with Crippen molar-refractivity contribution >= 4 is 129 Å². The molecule has 37 nitrogen and oxygen atoms in total. The zero-order chi connectivity index (χ0) is 86.3. The van der Waals surface area contributed by atoms with Crippen LogP contribution in [0.4, 0.5) is 11.4 Å². The van der Waals surface area contributed by atoms with Crippen LogP contribution < -0.4 is 21.4 Å². The van der Waals surface area contributed by atoms with Crippen LogP contribution in [0.2, 0.25) is 5.02 Å². The summed E-state index contributed by atoms with van der Waals surface area (Å²) in [4.78, 5) is 85.1. The number of likely N-dealkylation sites (tertiary alicyclic amines) is 1. The predicted octanol–water partition coefficient (Wildman–Crippen LogP) is 10.4. The summed E-state index contributed by atoms with van der Waals surface area (Å²) < 4.78 is 0. The van der Waals surface area contributed by atoms with E-state index in [1.54, 1.807) is 38.1 Å². The lowest BCUT2D eigenvalue weighted by Gasteiger charge is -2.27. The fourth-order valence-corrected chi connectivity index (χ4v) is 12.7. The largest absolute Gasteiger partial charge is 0.497 e. The Morgan fingerprint density at radius 3 is 1.61 bits per heavy atom. The molecule has 1 fully saturated rings. The number of carbonyl (C=O) groups excluding carboxylic acids is 2. The van der Waals surface area contributed by atoms with Gasteiger partial charge in [-0.2, -0.15) is 4.99 Å². The Hall–Kier alpha value is -12.3. The number of amidine groups is 3. The van der Waals surface area contributed by atoms with Crippen molar-refractivity contribution in [2.45, 2.75) is 191 Å². The van der Waals surface area contributed by atoms with Crippen LogP contribution in [-0.2, 0) is 40.1 Å². The summed E-state index contributed by atoms with van der Waals surface area (Å²) in [5.74, 6) is -9.87. The Morgan fingerprint density at radius 2 is 1.08 bits per heavy atom. The maximum absolute atomic E-state index is 14.8. The third-order valence-corrected chi connectivity index (χ3v) is 18.8. The molecule has 0 radical (unpaired) electrons. The minimum absolute atomic E-state index is 0.0119. The third-order valence-electron chi connectivity index (χ3n) is 18.5. The molecule has 5 aromatic carbocycles. The Bertz CT molecular complexity index is 4610. The second kappa shape index (κ2) is 45.8. The molecule has 11 unspecified atom stereocenters. The number of aliphatic imine (C=N–C) groups is 12. The van der Waals surface area contributed by atoms with Gasteiger partial charge in [-0.25, -0.2) is 60.4 Å². The zero-order valence-corrected chi connectivity index (χ0v) is 67.2. The number of aliphatic hydroxyl groups excluding tert-OH is 15. The van der Waals surface area contributed by atoms with Crippen LogP contribution >= 0.6 is 11.6 Å². The molecule has 0 saturated carbocycles. The first-order valence-electron chi connectivity index (χ1n) is 38.3. The number of aliphatic hydroxyl groups is 15. The summed E-state index contributed by atoms with van der Waals surface area (Å²) >= 11 is 6.27. The van der Waals surface area contributed by atoms with Gasteiger partial charge >= 0.3 is 12.0 Å². The summed E-state index contributed by atoms with van der Waals surface area (Å²) in [7, 11) is 1.20. The number of carbonyl (C=O) groups is 2. The number of halogens is 1. The van der Waals surface area contributed by atoms with Crippen LogP contribution in [0.1, 0.15) is 115 Å². The van der Waals surface area contributed by atoms with E-state index in [4.69, 9.17) is 27.3 Å². The highest BCUT2D eigenvalue weighted by atomic mass is 35.5. The number of nitrogens with zero attached hydrogens (tertiary/aromatic N) is 13. The fourth-order valence-electron chi connectivity index (χ4n) is 12.6. The molecule has 118 heavy (non-hydrogen) atoms. The van der Waals surface area contributed by atoms with Crippen molar-refractivity contribution in [1.29, 1.82) is 10.8 Å². The molecular weight excluding hydrogens is 1550 g/mol. The summed E-state index contributed by atoms with van der Waals surface area (Å²) in [5.41, 5.74) is 4.49. The first kappa shape index (κ1) is 92.8. The molecule has 636 valence electrons. The molecule has 5 aromatic rings. The van der Waals surface area contributed by atoms with Crippen LogP contribution in [0.3, 0.4) is 0 Å². The van der Waals surface area contributed by atoms with E-state index in [1.165, 1.54) is 74.4 Å². The molecule has 2 amide bonds. The van der Waals surface area contributed by atoms with E-state index in [2.05, 4.69) is 81.3 Å². The van der Waals surface area contributed by atoms with E-state index < -0.39 is 187 Å². The smallest absolute Gasteiger partial charge is 0.312 e. The molecule has 7 rings (SSSR count). The average Bonchev–Trinajstić information content (AvgIpc) is 1.55. The molecule has 38 heteroatoms. The number of nitrogens with one attached hydrogen (secondary N) is 6. The first-order valence-corrected chi connectivity index (χ1v) is 38.6. The van der Waals surface area contributed by atoms with Crippen molar-refractivity contribution in [3.63, 3.8) is 0 Å². The van der Waals surface area contributed by atoms with E-state index in [9.17, 15) is 86.2 Å². The van der Waals surface area contributed by atoms with Crippen molar-refractivity contribution in [3.8, 4) is 0 Å². The molecule has 0 aliphatic carbocycles. The van der Waals surface area contributed by atoms with Gasteiger partial charge in [0.05, 0.1) is 20.1 Å². The number of benzene rings is 5. The minimum Gasteiger partial charge on any atom is -0.497 e. The van der Waals surface area contributed by atoms with Gasteiger partial charge in [0, 0.05) is 68.1 Å². The second-order valence-electron chi connectivity index (χ2n) is 28.8. The summed E-state index contributed by atoms with van der Waals surface area (Å²) in [5, 5.41) is 194. The number of fused-ring (bicyclic) bond motifs is 1. The van der Waals surface area contributed by atoms with E-state index in [1.807, 2.05) is 56.3 Å². The second-order valence-corrected chi connectivity index (χ2v) is 29.3. The lowest BCUT2D eigenvalue weighted by atomic mass is 10.0. The molecule has 21 N–H and O–H groups in total. The molecule has 0 aromatic heterocycles. The topological polar surface area (TPSA) is 594 Å². The van der Waals surface area contributed by atoms with Crippen molar-refractivity contribution in [2.24, 2.45) is 65.8 Å². The number of hydrogen-bond acceptors (Lipinski definition) is 19. The Morgan fingerprint density at radius 1 is 0.585 bits per heavy atom. The van der Waals surface area contributed by atoms with Gasteiger partial charge in [0.1, 0.15) is 60.4 Å². The van der Waals surface area contributed by atoms with Crippen molar-refractivity contribution < 1.29 is 91.0 Å². The van der Waals surface area contributed by atoms with Crippen molar-refractivity contribution in [2.75, 3.05) is 44.0 Å². The monoisotopic (exact) mass is 1660 g/mol. The molecule has 1 saturated heterocycles. The van der Waals surface area contributed by atoms with Crippen molar-refractivity contribution in [3.05, 3.63) is 143 Å². The Labute approximate surface area is 686 Å². The lowest BCUT2D eigenvalue weighted by molar-refractivity contribution is -0.132. The highest BCUT2D eigenvalue weighted by molar-refractivity contribution is 6.30. The Balaban J connectivity index is 1.35.